The number of likely N-dealkylation sites (N-methyl/N-ethyl adjacent to an activating group) is 1. The molecule has 0 saturated carbocycles. The number of piperidine rings is 1. The second kappa shape index (κ2) is 6.80. The van der Waals surface area contributed by atoms with Crippen LogP contribution < -0.4 is 10.6 Å². The first-order valence-corrected chi connectivity index (χ1v) is 8.31. The van der Waals surface area contributed by atoms with E-state index in [4.69, 9.17) is 5.73 Å². The first-order chi connectivity index (χ1) is 10.0. The zero-order valence-corrected chi connectivity index (χ0v) is 14.1. The summed E-state index contributed by atoms with van der Waals surface area (Å²) < 4.78 is 0. The predicted octanol–water partition coefficient (Wildman–Crippen LogP) is 3.02. The number of hydrogen-bond donors (Lipinski definition) is 1. The van der Waals surface area contributed by atoms with Crippen molar-refractivity contribution >= 4 is 5.69 Å². The summed E-state index contributed by atoms with van der Waals surface area (Å²) >= 11 is 0. The topological polar surface area (TPSA) is 32.5 Å². The third-order valence-electron chi connectivity index (χ3n) is 5.04. The molecular weight excluding hydrogens is 258 g/mol. The summed E-state index contributed by atoms with van der Waals surface area (Å²) in [7, 11) is 0. The van der Waals surface area contributed by atoms with Crippen molar-refractivity contribution in [1.29, 1.82) is 0 Å². The lowest BCUT2D eigenvalue weighted by molar-refractivity contribution is 0.130. The monoisotopic (exact) mass is 289 g/mol. The van der Waals surface area contributed by atoms with Gasteiger partial charge in [-0.15, -0.1) is 0 Å². The molecule has 0 bridgehead atoms. The van der Waals surface area contributed by atoms with Crippen molar-refractivity contribution in [3.8, 4) is 0 Å². The molecule has 3 nitrogen and oxygen atoms in total. The summed E-state index contributed by atoms with van der Waals surface area (Å²) in [4.78, 5) is 5.11. The van der Waals surface area contributed by atoms with Crippen LogP contribution in [0.2, 0.25) is 0 Å². The standard InChI is InChI=1S/C18H31N3/c1-5-21(17-8-6-7-16(4)13-17)18(14-19)9-11-20(12-10-18)15(2)3/h6-8,13,15H,5,9-12,14,19H2,1-4H3. The van der Waals surface area contributed by atoms with Crippen LogP contribution in [0.3, 0.4) is 0 Å². The minimum atomic E-state index is 0.119. The third-order valence-corrected chi connectivity index (χ3v) is 5.04. The molecule has 0 amide bonds. The third kappa shape index (κ3) is 3.41. The lowest BCUT2D eigenvalue weighted by Gasteiger charge is -2.50. The van der Waals surface area contributed by atoms with E-state index in [1.165, 1.54) is 11.3 Å². The fourth-order valence-corrected chi connectivity index (χ4v) is 3.63. The van der Waals surface area contributed by atoms with Gasteiger partial charge >= 0.3 is 0 Å². The van der Waals surface area contributed by atoms with Crippen LogP contribution in [-0.2, 0) is 0 Å². The van der Waals surface area contributed by atoms with Gasteiger partial charge in [-0.25, -0.2) is 0 Å². The molecular formula is C18H31N3. The van der Waals surface area contributed by atoms with Gasteiger partial charge in [0.15, 0.2) is 0 Å². The average molecular weight is 289 g/mol. The van der Waals surface area contributed by atoms with Gasteiger partial charge in [0.1, 0.15) is 0 Å². The Bertz CT molecular complexity index is 448. The van der Waals surface area contributed by atoms with Crippen molar-refractivity contribution in [3.05, 3.63) is 29.8 Å². The lowest BCUT2D eigenvalue weighted by atomic mass is 9.84. The zero-order chi connectivity index (χ0) is 15.5. The Labute approximate surface area is 130 Å². The van der Waals surface area contributed by atoms with Gasteiger partial charge in [-0.2, -0.15) is 0 Å². The van der Waals surface area contributed by atoms with E-state index in [0.29, 0.717) is 6.04 Å². The summed E-state index contributed by atoms with van der Waals surface area (Å²) in [6.45, 7) is 13.0. The second-order valence-corrected chi connectivity index (χ2v) is 6.64. The molecule has 3 heteroatoms. The van der Waals surface area contributed by atoms with Crippen LogP contribution in [0.15, 0.2) is 24.3 Å². The molecule has 0 atom stereocenters. The lowest BCUT2D eigenvalue weighted by Crippen LogP contribution is -2.60. The SMILES string of the molecule is CCN(c1cccc(C)c1)C1(CN)CCN(C(C)C)CC1. The van der Waals surface area contributed by atoms with Crippen molar-refractivity contribution in [2.45, 2.75) is 52.1 Å². The summed E-state index contributed by atoms with van der Waals surface area (Å²) in [5.41, 5.74) is 9.01. The maximum Gasteiger partial charge on any atom is 0.0548 e. The van der Waals surface area contributed by atoms with E-state index in [1.807, 2.05) is 0 Å². The number of nitrogens with two attached hydrogens (primary N) is 1. The molecule has 1 aromatic rings. The van der Waals surface area contributed by atoms with Gasteiger partial charge in [0.2, 0.25) is 0 Å². The summed E-state index contributed by atoms with van der Waals surface area (Å²) in [5.74, 6) is 0. The molecule has 118 valence electrons. The Hall–Kier alpha value is -1.06. The molecule has 1 aromatic carbocycles. The quantitative estimate of drug-likeness (QED) is 0.904. The molecule has 1 aliphatic rings. The molecule has 2 N–H and O–H groups in total. The van der Waals surface area contributed by atoms with E-state index in [0.717, 1.165) is 39.0 Å². The molecule has 0 unspecified atom stereocenters. The van der Waals surface area contributed by atoms with E-state index < -0.39 is 0 Å². The minimum absolute atomic E-state index is 0.119. The molecule has 1 heterocycles. The fourth-order valence-electron chi connectivity index (χ4n) is 3.63. The highest BCUT2D eigenvalue weighted by atomic mass is 15.3. The molecule has 2 rings (SSSR count). The van der Waals surface area contributed by atoms with Crippen LogP contribution in [-0.4, -0.2) is 42.7 Å². The van der Waals surface area contributed by atoms with Crippen LogP contribution >= 0.6 is 0 Å². The Morgan fingerprint density at radius 2 is 1.95 bits per heavy atom. The number of benzene rings is 1. The number of hydrogen-bond acceptors (Lipinski definition) is 3. The van der Waals surface area contributed by atoms with Crippen LogP contribution in [0.25, 0.3) is 0 Å². The van der Waals surface area contributed by atoms with E-state index >= 15 is 0 Å². The molecule has 0 spiro atoms. The smallest absolute Gasteiger partial charge is 0.0548 e. The number of aryl methyl sites for hydroxylation is 1. The van der Waals surface area contributed by atoms with Gasteiger partial charge in [-0.1, -0.05) is 12.1 Å². The van der Waals surface area contributed by atoms with E-state index in [1.54, 1.807) is 0 Å². The van der Waals surface area contributed by atoms with Gasteiger partial charge < -0.3 is 15.5 Å². The molecule has 1 fully saturated rings. The molecule has 1 saturated heterocycles. The van der Waals surface area contributed by atoms with Crippen molar-refractivity contribution in [1.82, 2.24) is 4.90 Å². The van der Waals surface area contributed by atoms with Crippen molar-refractivity contribution in [2.24, 2.45) is 5.73 Å². The Morgan fingerprint density at radius 3 is 2.43 bits per heavy atom. The fraction of sp³-hybridized carbons (Fsp3) is 0.667. The van der Waals surface area contributed by atoms with Gasteiger partial charge in [0.25, 0.3) is 0 Å². The van der Waals surface area contributed by atoms with Crippen LogP contribution in [0.4, 0.5) is 5.69 Å². The predicted molar refractivity (Wildman–Crippen MR) is 91.9 cm³/mol. The number of nitrogens with zero attached hydrogens (tertiary/aromatic N) is 2. The van der Waals surface area contributed by atoms with Crippen molar-refractivity contribution < 1.29 is 0 Å². The molecule has 1 aliphatic heterocycles. The van der Waals surface area contributed by atoms with E-state index in [-0.39, 0.29) is 5.54 Å². The minimum Gasteiger partial charge on any atom is -0.365 e. The molecule has 0 radical (unpaired) electrons. The number of rotatable bonds is 5. The zero-order valence-electron chi connectivity index (χ0n) is 14.1. The number of anilines is 1. The Kier molecular flexibility index (Phi) is 5.28. The normalized spacial score (nSPS) is 19.0. The van der Waals surface area contributed by atoms with Crippen LogP contribution in [0.1, 0.15) is 39.2 Å². The van der Waals surface area contributed by atoms with Gasteiger partial charge in [0, 0.05) is 37.9 Å². The Morgan fingerprint density at radius 1 is 1.29 bits per heavy atom. The first kappa shape index (κ1) is 16.3. The second-order valence-electron chi connectivity index (χ2n) is 6.64. The maximum atomic E-state index is 6.25. The van der Waals surface area contributed by atoms with Crippen molar-refractivity contribution in [2.75, 3.05) is 31.1 Å². The largest absolute Gasteiger partial charge is 0.365 e. The highest BCUT2D eigenvalue weighted by molar-refractivity contribution is 5.51. The van der Waals surface area contributed by atoms with Crippen LogP contribution in [0.5, 0.6) is 0 Å². The first-order valence-electron chi connectivity index (χ1n) is 8.31. The van der Waals surface area contributed by atoms with E-state index in [2.05, 4.69) is 61.8 Å². The Balaban J connectivity index is 2.22. The molecule has 0 aromatic heterocycles. The molecule has 0 aliphatic carbocycles. The summed E-state index contributed by atoms with van der Waals surface area (Å²) in [6, 6.07) is 9.46. The van der Waals surface area contributed by atoms with Crippen molar-refractivity contribution in [3.63, 3.8) is 0 Å². The number of likely N-dealkylation sites (tertiary alicyclic amines) is 1. The highest BCUT2D eigenvalue weighted by Crippen LogP contribution is 2.33. The molecule has 21 heavy (non-hydrogen) atoms. The van der Waals surface area contributed by atoms with E-state index in [9.17, 15) is 0 Å². The summed E-state index contributed by atoms with van der Waals surface area (Å²) in [5, 5.41) is 0. The van der Waals surface area contributed by atoms with Gasteiger partial charge in [-0.3, -0.25) is 0 Å². The van der Waals surface area contributed by atoms with Gasteiger partial charge in [-0.05, 0) is 58.2 Å². The highest BCUT2D eigenvalue weighted by Gasteiger charge is 2.38. The summed E-state index contributed by atoms with van der Waals surface area (Å²) in [6.07, 6.45) is 2.31. The van der Waals surface area contributed by atoms with Gasteiger partial charge in [0.05, 0.1) is 5.54 Å². The maximum absolute atomic E-state index is 6.25. The average Bonchev–Trinajstić information content (AvgIpc) is 2.48. The van der Waals surface area contributed by atoms with Crippen LogP contribution in [0, 0.1) is 6.92 Å².